The Kier molecular flexibility index (Phi) is 3.52. The number of hydrogen-bond acceptors (Lipinski definition) is 3. The second kappa shape index (κ2) is 5.55. The molecule has 4 nitrogen and oxygen atoms in total. The number of amides is 2. The van der Waals surface area contributed by atoms with Crippen molar-refractivity contribution in [3.63, 3.8) is 0 Å². The maximum atomic E-state index is 12.9. The van der Waals surface area contributed by atoms with Gasteiger partial charge in [-0.25, -0.2) is 4.90 Å². The number of benzene rings is 1. The molecule has 2 amide bonds. The summed E-state index contributed by atoms with van der Waals surface area (Å²) < 4.78 is 0. The van der Waals surface area contributed by atoms with Gasteiger partial charge in [0.15, 0.2) is 0 Å². The Balaban J connectivity index is 1.36. The van der Waals surface area contributed by atoms with Crippen molar-refractivity contribution >= 4 is 29.1 Å². The van der Waals surface area contributed by atoms with Crippen LogP contribution in [0.5, 0.6) is 0 Å². The first-order valence-electron chi connectivity index (χ1n) is 9.41. The first-order chi connectivity index (χ1) is 12.0. The van der Waals surface area contributed by atoms with Gasteiger partial charge in [0.1, 0.15) is 0 Å². The highest BCUT2D eigenvalue weighted by Crippen LogP contribution is 2.55. The lowest BCUT2D eigenvalue weighted by atomic mass is 9.53. The van der Waals surface area contributed by atoms with Crippen LogP contribution >= 0.6 is 11.6 Å². The van der Waals surface area contributed by atoms with Gasteiger partial charge < -0.3 is 0 Å². The predicted octanol–water partition coefficient (Wildman–Crippen LogP) is 3.53. The molecule has 5 aliphatic rings. The molecule has 1 aliphatic heterocycles. The highest BCUT2D eigenvalue weighted by molar-refractivity contribution is 6.30. The van der Waals surface area contributed by atoms with Gasteiger partial charge >= 0.3 is 0 Å². The summed E-state index contributed by atoms with van der Waals surface area (Å²) in [6.45, 7) is 0. The molecular weight excluding hydrogens is 336 g/mol. The summed E-state index contributed by atoms with van der Waals surface area (Å²) >= 11 is 5.92. The average Bonchev–Trinajstić information content (AvgIpc) is 2.80. The third-order valence-electron chi connectivity index (χ3n) is 6.75. The molecule has 5 heteroatoms. The van der Waals surface area contributed by atoms with Gasteiger partial charge in [-0.05, 0) is 80.5 Å². The van der Waals surface area contributed by atoms with Crippen molar-refractivity contribution in [1.29, 1.82) is 0 Å². The number of carbonyl (C=O) groups excluding carboxylic acids is 2. The van der Waals surface area contributed by atoms with Crippen molar-refractivity contribution in [2.24, 2.45) is 17.8 Å². The molecular formula is C20H23ClN2O2. The number of carbonyl (C=O) groups is 2. The Labute approximate surface area is 152 Å². The summed E-state index contributed by atoms with van der Waals surface area (Å²) in [5.41, 5.74) is 0.708. The van der Waals surface area contributed by atoms with Crippen molar-refractivity contribution in [2.45, 2.75) is 56.5 Å². The number of nitrogens with zero attached hydrogens (tertiary/aromatic N) is 1. The number of imide groups is 1. The van der Waals surface area contributed by atoms with Crippen LogP contribution in [0.25, 0.3) is 0 Å². The molecule has 1 N–H and O–H groups in total. The number of hydrogen-bond donors (Lipinski definition) is 1. The van der Waals surface area contributed by atoms with Crippen molar-refractivity contribution in [3.8, 4) is 0 Å². The summed E-state index contributed by atoms with van der Waals surface area (Å²) in [5.74, 6) is 2.23. The Morgan fingerprint density at radius 3 is 2.08 bits per heavy atom. The van der Waals surface area contributed by atoms with Crippen molar-refractivity contribution in [2.75, 3.05) is 4.90 Å². The first kappa shape index (κ1) is 15.8. The van der Waals surface area contributed by atoms with Crippen molar-refractivity contribution in [3.05, 3.63) is 29.3 Å². The monoisotopic (exact) mass is 358 g/mol. The summed E-state index contributed by atoms with van der Waals surface area (Å²) in [4.78, 5) is 26.8. The van der Waals surface area contributed by atoms with Crippen LogP contribution in [0.2, 0.25) is 5.02 Å². The van der Waals surface area contributed by atoms with E-state index in [0.29, 0.717) is 10.7 Å². The number of anilines is 1. The topological polar surface area (TPSA) is 49.4 Å². The van der Waals surface area contributed by atoms with E-state index < -0.39 is 0 Å². The maximum absolute atomic E-state index is 12.9. The lowest BCUT2D eigenvalue weighted by Crippen LogP contribution is -2.61. The van der Waals surface area contributed by atoms with Crippen molar-refractivity contribution < 1.29 is 9.59 Å². The zero-order valence-corrected chi connectivity index (χ0v) is 15.0. The number of rotatable bonds is 3. The Morgan fingerprint density at radius 2 is 1.52 bits per heavy atom. The largest absolute Gasteiger partial charge is 0.300 e. The minimum Gasteiger partial charge on any atom is -0.300 e. The molecule has 6 rings (SSSR count). The van der Waals surface area contributed by atoms with E-state index in [9.17, 15) is 9.59 Å². The van der Waals surface area contributed by atoms with Crippen LogP contribution in [0.4, 0.5) is 5.69 Å². The number of halogens is 1. The van der Waals surface area contributed by atoms with E-state index in [1.807, 2.05) is 0 Å². The SMILES string of the molecule is O=C1CC(NC23CC4CC(CC(C4)C2)C3)C(=O)N1c1ccc(Cl)cc1. The van der Waals surface area contributed by atoms with E-state index in [1.165, 1.54) is 43.4 Å². The third-order valence-corrected chi connectivity index (χ3v) is 7.00. The molecule has 25 heavy (non-hydrogen) atoms. The van der Waals surface area contributed by atoms with Crippen molar-refractivity contribution in [1.82, 2.24) is 5.32 Å². The van der Waals surface area contributed by atoms with Gasteiger partial charge in [-0.15, -0.1) is 0 Å². The van der Waals surface area contributed by atoms with E-state index in [1.54, 1.807) is 24.3 Å². The quantitative estimate of drug-likeness (QED) is 0.841. The van der Waals surface area contributed by atoms with E-state index in [0.717, 1.165) is 17.8 Å². The summed E-state index contributed by atoms with van der Waals surface area (Å²) in [7, 11) is 0. The molecule has 1 heterocycles. The molecule has 1 aromatic rings. The second-order valence-electron chi connectivity index (χ2n) is 8.64. The van der Waals surface area contributed by atoms with E-state index >= 15 is 0 Å². The van der Waals surface area contributed by atoms with Crippen LogP contribution in [0, 0.1) is 17.8 Å². The highest BCUT2D eigenvalue weighted by Gasteiger charge is 2.53. The summed E-state index contributed by atoms with van der Waals surface area (Å²) in [5, 5.41) is 4.28. The summed E-state index contributed by atoms with van der Waals surface area (Å²) in [6, 6.07) is 6.55. The van der Waals surface area contributed by atoms with Crippen LogP contribution in [0.1, 0.15) is 44.9 Å². The predicted molar refractivity (Wildman–Crippen MR) is 96.4 cm³/mol. The minimum atomic E-state index is -0.376. The second-order valence-corrected chi connectivity index (χ2v) is 9.08. The molecule has 0 radical (unpaired) electrons. The zero-order valence-electron chi connectivity index (χ0n) is 14.2. The fourth-order valence-electron chi connectivity index (χ4n) is 6.26. The van der Waals surface area contributed by atoms with Gasteiger partial charge in [0, 0.05) is 10.6 Å². The molecule has 1 atom stereocenters. The van der Waals surface area contributed by atoms with Gasteiger partial charge in [0.05, 0.1) is 18.2 Å². The van der Waals surface area contributed by atoms with Crippen LogP contribution in [0.15, 0.2) is 24.3 Å². The zero-order chi connectivity index (χ0) is 17.2. The van der Waals surface area contributed by atoms with Gasteiger partial charge in [0.2, 0.25) is 5.91 Å². The lowest BCUT2D eigenvalue weighted by Gasteiger charge is -2.57. The molecule has 4 aliphatic carbocycles. The summed E-state index contributed by atoms with van der Waals surface area (Å²) in [6.07, 6.45) is 7.91. The molecule has 1 aromatic carbocycles. The van der Waals surface area contributed by atoms with Gasteiger partial charge in [0.25, 0.3) is 5.91 Å². The first-order valence-corrected chi connectivity index (χ1v) is 9.79. The molecule has 1 saturated heterocycles. The molecule has 132 valence electrons. The van der Waals surface area contributed by atoms with Crippen LogP contribution in [0.3, 0.4) is 0 Å². The van der Waals surface area contributed by atoms with Gasteiger partial charge in [-0.1, -0.05) is 11.6 Å². The molecule has 4 saturated carbocycles. The maximum Gasteiger partial charge on any atom is 0.251 e. The smallest absolute Gasteiger partial charge is 0.251 e. The normalized spacial score (nSPS) is 39.5. The molecule has 5 fully saturated rings. The molecule has 1 unspecified atom stereocenters. The molecule has 0 aromatic heterocycles. The van der Waals surface area contributed by atoms with Gasteiger partial charge in [-0.2, -0.15) is 0 Å². The van der Waals surface area contributed by atoms with E-state index in [-0.39, 0.29) is 29.8 Å². The Hall–Kier alpha value is -1.39. The molecule has 0 spiro atoms. The van der Waals surface area contributed by atoms with Crippen LogP contribution in [-0.2, 0) is 9.59 Å². The van der Waals surface area contributed by atoms with Gasteiger partial charge in [-0.3, -0.25) is 14.9 Å². The Bertz CT molecular complexity index is 694. The molecule has 4 bridgehead atoms. The van der Waals surface area contributed by atoms with E-state index in [4.69, 9.17) is 11.6 Å². The van der Waals surface area contributed by atoms with E-state index in [2.05, 4.69) is 5.32 Å². The minimum absolute atomic E-state index is 0.0887. The van der Waals surface area contributed by atoms with Crippen LogP contribution < -0.4 is 10.2 Å². The van der Waals surface area contributed by atoms with Crippen LogP contribution in [-0.4, -0.2) is 23.4 Å². The fraction of sp³-hybridized carbons (Fsp3) is 0.600. The lowest BCUT2D eigenvalue weighted by molar-refractivity contribution is -0.122. The fourth-order valence-corrected chi connectivity index (χ4v) is 6.39. The average molecular weight is 359 g/mol. The standard InChI is InChI=1S/C20H23ClN2O2/c21-15-1-3-16(4-2-15)23-18(24)8-17(19(23)25)22-20-9-12-5-13(10-20)7-14(6-12)11-20/h1-4,12-14,17,22H,5-11H2. The highest BCUT2D eigenvalue weighted by atomic mass is 35.5. The Morgan fingerprint density at radius 1 is 0.960 bits per heavy atom. The number of nitrogens with one attached hydrogen (secondary N) is 1. The third kappa shape index (κ3) is 2.61.